The summed E-state index contributed by atoms with van der Waals surface area (Å²) in [5.74, 6) is 0.293. The number of aromatic amines is 1. The number of nitrogens with zero attached hydrogens (tertiary/aromatic N) is 1. The summed E-state index contributed by atoms with van der Waals surface area (Å²) >= 11 is 0. The number of aryl methyl sites for hydroxylation is 1. The summed E-state index contributed by atoms with van der Waals surface area (Å²) < 4.78 is 5.47. The van der Waals surface area contributed by atoms with Gasteiger partial charge in [0.25, 0.3) is 11.8 Å². The molecular weight excluding hydrogens is 406 g/mol. The number of hydrogen-bond donors (Lipinski definition) is 2. The lowest BCUT2D eigenvalue weighted by atomic mass is 10.1. The topological polar surface area (TPSA) is 95.4 Å². The van der Waals surface area contributed by atoms with E-state index in [0.29, 0.717) is 46.4 Å². The molecular formula is C25H27N3O4. The predicted molar refractivity (Wildman–Crippen MR) is 119 cm³/mol. The normalized spacial score (nSPS) is 13.1. The molecule has 0 bridgehead atoms. The van der Waals surface area contributed by atoms with Gasteiger partial charge >= 0.3 is 0 Å². The first-order valence-electron chi connectivity index (χ1n) is 10.7. The van der Waals surface area contributed by atoms with Crippen LogP contribution in [0.4, 0.5) is 0 Å². The summed E-state index contributed by atoms with van der Waals surface area (Å²) in [7, 11) is 0. The molecule has 2 N–H and O–H groups in total. The van der Waals surface area contributed by atoms with Gasteiger partial charge in [-0.2, -0.15) is 0 Å². The molecule has 1 aliphatic rings. The lowest BCUT2D eigenvalue weighted by Gasteiger charge is -2.22. The highest BCUT2D eigenvalue weighted by Gasteiger charge is 2.26. The van der Waals surface area contributed by atoms with Crippen LogP contribution < -0.4 is 5.32 Å². The van der Waals surface area contributed by atoms with Crippen molar-refractivity contribution in [3.63, 3.8) is 0 Å². The number of carbonyl (C=O) groups is 3. The van der Waals surface area contributed by atoms with E-state index in [-0.39, 0.29) is 24.1 Å². The van der Waals surface area contributed by atoms with Gasteiger partial charge in [-0.15, -0.1) is 0 Å². The summed E-state index contributed by atoms with van der Waals surface area (Å²) in [6.07, 6.45) is 3.65. The molecule has 166 valence electrons. The Hall–Kier alpha value is -3.61. The first kappa shape index (κ1) is 21.6. The van der Waals surface area contributed by atoms with Crippen molar-refractivity contribution in [2.45, 2.75) is 52.7 Å². The zero-order valence-corrected chi connectivity index (χ0v) is 18.5. The Morgan fingerprint density at radius 3 is 2.38 bits per heavy atom. The zero-order valence-electron chi connectivity index (χ0n) is 18.5. The molecule has 2 heterocycles. The lowest BCUT2D eigenvalue weighted by molar-refractivity contribution is 0.0711. The van der Waals surface area contributed by atoms with Crippen LogP contribution in [0.15, 0.2) is 47.1 Å². The van der Waals surface area contributed by atoms with Gasteiger partial charge in [0.2, 0.25) is 0 Å². The van der Waals surface area contributed by atoms with Gasteiger partial charge in [0, 0.05) is 29.4 Å². The van der Waals surface area contributed by atoms with Crippen LogP contribution in [0.1, 0.15) is 73.6 Å². The first-order valence-corrected chi connectivity index (χ1v) is 10.7. The molecule has 1 saturated carbocycles. The maximum atomic E-state index is 13.5. The smallest absolute Gasteiger partial charge is 0.271 e. The summed E-state index contributed by atoms with van der Waals surface area (Å²) in [6, 6.07) is 11.2. The molecule has 1 fully saturated rings. The van der Waals surface area contributed by atoms with Crippen LogP contribution in [0.3, 0.4) is 0 Å². The fourth-order valence-corrected chi connectivity index (χ4v) is 3.92. The van der Waals surface area contributed by atoms with Crippen molar-refractivity contribution in [2.75, 3.05) is 0 Å². The molecule has 3 aromatic rings. The molecule has 1 aromatic carbocycles. The fraction of sp³-hybridized carbons (Fsp3) is 0.320. The Kier molecular flexibility index (Phi) is 5.99. The maximum Gasteiger partial charge on any atom is 0.271 e. The van der Waals surface area contributed by atoms with E-state index in [1.165, 1.54) is 6.92 Å². The molecule has 7 nitrogen and oxygen atoms in total. The van der Waals surface area contributed by atoms with Crippen LogP contribution in [0.2, 0.25) is 0 Å². The Balaban J connectivity index is 1.57. The highest BCUT2D eigenvalue weighted by atomic mass is 16.3. The van der Waals surface area contributed by atoms with E-state index < -0.39 is 0 Å². The van der Waals surface area contributed by atoms with Crippen LogP contribution >= 0.6 is 0 Å². The van der Waals surface area contributed by atoms with Gasteiger partial charge in [-0.05, 0) is 69.0 Å². The van der Waals surface area contributed by atoms with E-state index in [4.69, 9.17) is 4.42 Å². The van der Waals surface area contributed by atoms with Crippen molar-refractivity contribution in [2.24, 2.45) is 0 Å². The van der Waals surface area contributed by atoms with E-state index in [9.17, 15) is 14.4 Å². The van der Waals surface area contributed by atoms with Crippen LogP contribution in [0.5, 0.6) is 0 Å². The molecule has 4 rings (SSSR count). The number of ketones is 1. The van der Waals surface area contributed by atoms with Gasteiger partial charge in [0.1, 0.15) is 11.5 Å². The molecule has 0 aliphatic heterocycles. The van der Waals surface area contributed by atoms with E-state index in [2.05, 4.69) is 10.3 Å². The lowest BCUT2D eigenvalue weighted by Crippen LogP contribution is -2.31. The van der Waals surface area contributed by atoms with E-state index in [1.54, 1.807) is 43.2 Å². The molecule has 7 heteroatoms. The number of furan rings is 1. The molecule has 0 saturated heterocycles. The summed E-state index contributed by atoms with van der Waals surface area (Å²) in [4.78, 5) is 42.5. The Bertz CT molecular complexity index is 1140. The van der Waals surface area contributed by atoms with E-state index in [1.807, 2.05) is 18.2 Å². The molecule has 0 unspecified atom stereocenters. The highest BCUT2D eigenvalue weighted by molar-refractivity contribution is 6.02. The third-order valence-electron chi connectivity index (χ3n) is 5.72. The molecule has 0 radical (unpaired) electrons. The highest BCUT2D eigenvalue weighted by Crippen LogP contribution is 2.23. The summed E-state index contributed by atoms with van der Waals surface area (Å²) in [5.41, 5.74) is 3.78. The van der Waals surface area contributed by atoms with Gasteiger partial charge < -0.3 is 19.6 Å². The Morgan fingerprint density at radius 2 is 1.81 bits per heavy atom. The number of H-pyrrole nitrogens is 1. The Labute approximate surface area is 186 Å². The fourth-order valence-electron chi connectivity index (χ4n) is 3.92. The largest absolute Gasteiger partial charge is 0.467 e. The number of aromatic nitrogens is 1. The van der Waals surface area contributed by atoms with Gasteiger partial charge in [-0.3, -0.25) is 14.4 Å². The average Bonchev–Trinajstić information content (AvgIpc) is 3.31. The molecule has 2 aromatic heterocycles. The minimum absolute atomic E-state index is 0.0724. The predicted octanol–water partition coefficient (Wildman–Crippen LogP) is 4.16. The number of carbonyl (C=O) groups excluding carboxylic acids is 3. The number of nitrogens with one attached hydrogen (secondary N) is 2. The number of Topliss-reactive ketones (excluding diaryl/α,β-unsaturated/α-hetero) is 1. The van der Waals surface area contributed by atoms with Crippen molar-refractivity contribution >= 4 is 17.6 Å². The zero-order chi connectivity index (χ0) is 22.8. The first-order chi connectivity index (χ1) is 15.3. The van der Waals surface area contributed by atoms with Crippen molar-refractivity contribution in [3.8, 4) is 0 Å². The van der Waals surface area contributed by atoms with Gasteiger partial charge in [-0.1, -0.05) is 12.1 Å². The van der Waals surface area contributed by atoms with Crippen LogP contribution in [0.25, 0.3) is 0 Å². The summed E-state index contributed by atoms with van der Waals surface area (Å²) in [5, 5.41) is 2.98. The maximum absolute atomic E-state index is 13.5. The Morgan fingerprint density at radius 1 is 1.09 bits per heavy atom. The number of rotatable bonds is 8. The van der Waals surface area contributed by atoms with Crippen LogP contribution in [0, 0.1) is 13.8 Å². The van der Waals surface area contributed by atoms with Gasteiger partial charge in [0.15, 0.2) is 5.78 Å². The summed E-state index contributed by atoms with van der Waals surface area (Å²) in [6.45, 7) is 5.69. The standard InChI is InChI=1S/C25H27N3O4/c1-15-22(17(3)29)16(2)26-23(15)25(31)28(14-21-5-4-12-32-21)13-18-6-8-19(9-7-18)24(30)27-20-10-11-20/h4-9,12,20,26H,10-11,13-14H2,1-3H3,(H,27,30). The molecule has 1 aliphatic carbocycles. The number of hydrogen-bond acceptors (Lipinski definition) is 4. The third kappa shape index (κ3) is 4.66. The number of benzene rings is 1. The second kappa shape index (κ2) is 8.86. The minimum Gasteiger partial charge on any atom is -0.467 e. The molecule has 2 amide bonds. The van der Waals surface area contributed by atoms with Gasteiger partial charge in [-0.25, -0.2) is 0 Å². The SMILES string of the molecule is CC(=O)c1c(C)[nH]c(C(=O)N(Cc2ccc(C(=O)NC3CC3)cc2)Cc2ccco2)c1C. The van der Waals surface area contributed by atoms with E-state index in [0.717, 1.165) is 18.4 Å². The monoisotopic (exact) mass is 433 g/mol. The van der Waals surface area contributed by atoms with Crippen LogP contribution in [-0.4, -0.2) is 33.5 Å². The molecule has 0 spiro atoms. The average molecular weight is 434 g/mol. The molecule has 0 atom stereocenters. The van der Waals surface area contributed by atoms with Crippen molar-refractivity contribution in [1.82, 2.24) is 15.2 Å². The third-order valence-corrected chi connectivity index (χ3v) is 5.72. The van der Waals surface area contributed by atoms with Crippen LogP contribution in [-0.2, 0) is 13.1 Å². The quantitative estimate of drug-likeness (QED) is 0.522. The second-order valence-electron chi connectivity index (χ2n) is 8.37. The van der Waals surface area contributed by atoms with E-state index >= 15 is 0 Å². The van der Waals surface area contributed by atoms with Gasteiger partial charge in [0.05, 0.1) is 12.8 Å². The molecule has 32 heavy (non-hydrogen) atoms. The van der Waals surface area contributed by atoms with Crippen molar-refractivity contribution in [1.29, 1.82) is 0 Å². The minimum atomic E-state index is -0.218. The van der Waals surface area contributed by atoms with Crippen molar-refractivity contribution < 1.29 is 18.8 Å². The second-order valence-corrected chi connectivity index (χ2v) is 8.37. The van der Waals surface area contributed by atoms with Crippen molar-refractivity contribution in [3.05, 3.63) is 82.1 Å². The number of amides is 2.